The number of hydrogen-bond acceptors (Lipinski definition) is 5. The lowest BCUT2D eigenvalue weighted by Crippen LogP contribution is -2.50. The van der Waals surface area contributed by atoms with Crippen molar-refractivity contribution in [2.75, 3.05) is 11.9 Å². The lowest BCUT2D eigenvalue weighted by atomic mass is 9.88. The normalized spacial score (nSPS) is 22.1. The number of ether oxygens (including phenoxy) is 1. The number of hydrogen-bond donors (Lipinski definition) is 2. The topological polar surface area (TPSA) is 109 Å². The number of benzene rings is 2. The number of amides is 2. The van der Waals surface area contributed by atoms with E-state index in [2.05, 4.69) is 17.4 Å². The predicted octanol–water partition coefficient (Wildman–Crippen LogP) is 4.86. The van der Waals surface area contributed by atoms with E-state index in [-0.39, 0.29) is 30.0 Å². The van der Waals surface area contributed by atoms with Crippen molar-refractivity contribution in [3.05, 3.63) is 77.7 Å². The van der Waals surface area contributed by atoms with E-state index in [1.165, 1.54) is 17.2 Å². The first-order chi connectivity index (χ1) is 17.0. The summed E-state index contributed by atoms with van der Waals surface area (Å²) in [5.41, 5.74) is 3.43. The summed E-state index contributed by atoms with van der Waals surface area (Å²) in [5, 5.41) is 12.4. The van der Waals surface area contributed by atoms with Crippen LogP contribution in [0, 0.1) is 0 Å². The molecule has 8 nitrogen and oxygen atoms in total. The Kier molecular flexibility index (Phi) is 4.91. The van der Waals surface area contributed by atoms with Gasteiger partial charge in [-0.25, -0.2) is 9.59 Å². The summed E-state index contributed by atoms with van der Waals surface area (Å²) >= 11 is 0. The molecule has 1 aromatic heterocycles. The summed E-state index contributed by atoms with van der Waals surface area (Å²) < 4.78 is 11.0. The fourth-order valence-corrected chi connectivity index (χ4v) is 6.03. The maximum Gasteiger partial charge on any atom is 0.411 e. The van der Waals surface area contributed by atoms with E-state index < -0.39 is 23.5 Å². The lowest BCUT2D eigenvalue weighted by Gasteiger charge is -2.30. The van der Waals surface area contributed by atoms with Crippen LogP contribution < -0.4 is 5.32 Å². The zero-order valence-electron chi connectivity index (χ0n) is 18.9. The zero-order chi connectivity index (χ0) is 24.2. The molecule has 3 aliphatic rings. The first-order valence-electron chi connectivity index (χ1n) is 11.8. The van der Waals surface area contributed by atoms with Crippen LogP contribution in [0.4, 0.5) is 10.5 Å². The van der Waals surface area contributed by atoms with Crippen molar-refractivity contribution in [1.29, 1.82) is 0 Å². The van der Waals surface area contributed by atoms with Gasteiger partial charge in [-0.05, 0) is 47.9 Å². The summed E-state index contributed by atoms with van der Waals surface area (Å²) in [4.78, 5) is 39.4. The maximum atomic E-state index is 13.3. The van der Waals surface area contributed by atoms with Crippen molar-refractivity contribution in [1.82, 2.24) is 4.90 Å². The molecule has 3 aromatic rings. The highest BCUT2D eigenvalue weighted by Crippen LogP contribution is 2.48. The third kappa shape index (κ3) is 3.24. The van der Waals surface area contributed by atoms with Gasteiger partial charge < -0.3 is 19.2 Å². The Bertz CT molecular complexity index is 1290. The average Bonchev–Trinajstić information content (AvgIpc) is 3.64. The molecule has 2 saturated heterocycles. The van der Waals surface area contributed by atoms with Crippen molar-refractivity contribution in [2.24, 2.45) is 0 Å². The van der Waals surface area contributed by atoms with Crippen molar-refractivity contribution in [2.45, 2.75) is 43.2 Å². The minimum absolute atomic E-state index is 0.0852. The van der Waals surface area contributed by atoms with Crippen LogP contribution in [0.3, 0.4) is 0 Å². The smallest absolute Gasteiger partial charge is 0.411 e. The van der Waals surface area contributed by atoms with Crippen LogP contribution in [0.1, 0.15) is 53.3 Å². The third-order valence-corrected chi connectivity index (χ3v) is 7.67. The van der Waals surface area contributed by atoms with Crippen LogP contribution in [0.15, 0.2) is 65.3 Å². The molecule has 8 heteroatoms. The highest BCUT2D eigenvalue weighted by Gasteiger charge is 2.59. The molecule has 2 fully saturated rings. The van der Waals surface area contributed by atoms with Crippen LogP contribution in [0.2, 0.25) is 0 Å². The van der Waals surface area contributed by atoms with E-state index in [4.69, 9.17) is 9.15 Å². The Balaban J connectivity index is 1.17. The zero-order valence-corrected chi connectivity index (χ0v) is 18.9. The maximum absolute atomic E-state index is 13.3. The predicted molar refractivity (Wildman–Crippen MR) is 126 cm³/mol. The van der Waals surface area contributed by atoms with Crippen LogP contribution in [0.5, 0.6) is 0 Å². The van der Waals surface area contributed by atoms with Gasteiger partial charge >= 0.3 is 12.1 Å². The number of furan rings is 1. The molecule has 35 heavy (non-hydrogen) atoms. The van der Waals surface area contributed by atoms with Crippen molar-refractivity contribution in [3.63, 3.8) is 0 Å². The van der Waals surface area contributed by atoms with Gasteiger partial charge in [0.1, 0.15) is 12.1 Å². The van der Waals surface area contributed by atoms with Crippen molar-refractivity contribution < 1.29 is 28.6 Å². The molecule has 2 bridgehead atoms. The number of aliphatic carboxylic acids is 1. The monoisotopic (exact) mass is 472 g/mol. The second-order valence-corrected chi connectivity index (χ2v) is 9.36. The first-order valence-corrected chi connectivity index (χ1v) is 11.8. The molecule has 0 saturated carbocycles. The quantitative estimate of drug-likeness (QED) is 0.549. The fourth-order valence-electron chi connectivity index (χ4n) is 6.03. The Morgan fingerprint density at radius 3 is 2.26 bits per heavy atom. The molecule has 2 N–H and O–H groups in total. The average molecular weight is 472 g/mol. The number of carboxylic acid groups (broad SMARTS) is 1. The molecule has 0 atom stereocenters. The number of carbonyl (C=O) groups excluding carboxylic acids is 2. The van der Waals surface area contributed by atoms with Gasteiger partial charge in [-0.15, -0.1) is 0 Å². The van der Waals surface area contributed by atoms with E-state index in [9.17, 15) is 19.5 Å². The highest BCUT2D eigenvalue weighted by molar-refractivity contribution is 6.03. The molecule has 2 aliphatic heterocycles. The van der Waals surface area contributed by atoms with Gasteiger partial charge in [0.15, 0.2) is 0 Å². The van der Waals surface area contributed by atoms with Crippen LogP contribution in [-0.2, 0) is 9.53 Å². The number of fused-ring (bicyclic) bond motifs is 5. The van der Waals surface area contributed by atoms with Crippen molar-refractivity contribution >= 4 is 23.7 Å². The lowest BCUT2D eigenvalue weighted by molar-refractivity contribution is -0.147. The van der Waals surface area contributed by atoms with Crippen molar-refractivity contribution in [3.8, 4) is 11.1 Å². The Labute approximate surface area is 201 Å². The second-order valence-electron chi connectivity index (χ2n) is 9.36. The number of carbonyl (C=O) groups is 3. The molecule has 3 heterocycles. The Morgan fingerprint density at radius 2 is 1.63 bits per heavy atom. The third-order valence-electron chi connectivity index (χ3n) is 7.67. The summed E-state index contributed by atoms with van der Waals surface area (Å²) in [6.07, 6.45) is 2.74. The van der Waals surface area contributed by atoms with E-state index in [0.717, 1.165) is 22.3 Å². The molecule has 178 valence electrons. The van der Waals surface area contributed by atoms with E-state index in [1.807, 2.05) is 36.4 Å². The Hall–Kier alpha value is -4.07. The fraction of sp³-hybridized carbons (Fsp3) is 0.296. The van der Waals surface area contributed by atoms with Gasteiger partial charge in [-0.3, -0.25) is 10.1 Å². The van der Waals surface area contributed by atoms with Gasteiger partial charge in [0.25, 0.3) is 5.91 Å². The minimum atomic E-state index is -1.20. The summed E-state index contributed by atoms with van der Waals surface area (Å²) in [6, 6.07) is 17.5. The molecule has 2 amide bonds. The molecule has 1 aliphatic carbocycles. The largest absolute Gasteiger partial charge is 0.479 e. The molecule has 0 unspecified atom stereocenters. The minimum Gasteiger partial charge on any atom is -0.479 e. The number of nitrogens with one attached hydrogen (secondary N) is 1. The number of rotatable bonds is 5. The number of carboxylic acids is 1. The van der Waals surface area contributed by atoms with Crippen LogP contribution in [-0.4, -0.2) is 46.2 Å². The van der Waals surface area contributed by atoms with Gasteiger partial charge in [0.05, 0.1) is 12.0 Å². The molecular formula is C27H24N2O6. The molecule has 2 aromatic carbocycles. The van der Waals surface area contributed by atoms with E-state index in [1.54, 1.807) is 0 Å². The van der Waals surface area contributed by atoms with Crippen LogP contribution in [0.25, 0.3) is 11.1 Å². The SMILES string of the molecule is O=C(Nc1ccoc1C(=O)N1C2CCC1(C(=O)O)CC2)OCC1c2ccccc2-c2ccccc21. The Morgan fingerprint density at radius 1 is 1.00 bits per heavy atom. The molecule has 0 spiro atoms. The number of nitrogens with zero attached hydrogens (tertiary/aromatic N) is 1. The first kappa shape index (κ1) is 21.5. The van der Waals surface area contributed by atoms with Gasteiger partial charge in [0.2, 0.25) is 5.76 Å². The summed E-state index contributed by atoms with van der Waals surface area (Å²) in [7, 11) is 0. The highest BCUT2D eigenvalue weighted by atomic mass is 16.5. The summed E-state index contributed by atoms with van der Waals surface area (Å²) in [6.45, 7) is 0.136. The van der Waals surface area contributed by atoms with E-state index >= 15 is 0 Å². The van der Waals surface area contributed by atoms with Gasteiger partial charge in [-0.1, -0.05) is 48.5 Å². The number of anilines is 1. The molecule has 6 rings (SSSR count). The van der Waals surface area contributed by atoms with Gasteiger partial charge in [-0.2, -0.15) is 0 Å². The second kappa shape index (κ2) is 8.01. The van der Waals surface area contributed by atoms with Gasteiger partial charge in [0, 0.05) is 18.0 Å². The van der Waals surface area contributed by atoms with Crippen LogP contribution >= 0.6 is 0 Å². The molecule has 0 radical (unpaired) electrons. The summed E-state index contributed by atoms with van der Waals surface area (Å²) in [5.74, 6) is -1.69. The standard InChI is InChI=1S/C27H24N2O6/c30-24(29-16-9-12-27(29,13-10-16)25(31)32)23-22(11-14-34-23)28-26(33)35-15-21-19-7-3-1-5-17(19)18-6-2-4-8-20(18)21/h1-8,11,14,16,21H,9-10,12-13,15H2,(H,28,33)(H,31,32). The van der Waals surface area contributed by atoms with E-state index in [0.29, 0.717) is 25.7 Å². The molecular weight excluding hydrogens is 448 g/mol.